The molecule has 1 aromatic rings. The van der Waals surface area contributed by atoms with Gasteiger partial charge in [0.15, 0.2) is 17.5 Å². The largest absolute Gasteiger partial charge is 1.00 e. The first kappa shape index (κ1) is 16.3. The zero-order chi connectivity index (χ0) is 12.7. The molecular formula is C7BF7NNa. The Labute approximate surface area is 113 Å². The van der Waals surface area contributed by atoms with Crippen molar-refractivity contribution in [2.45, 2.75) is 0 Å². The fourth-order valence-electron chi connectivity index (χ4n) is 1.00. The maximum Gasteiger partial charge on any atom is 1.00 e. The number of halogens is 7. The standard InChI is InChI=1S/C7BF7N.Na/c9-3-2(8(14,15)1-16)4(10)6(12)7(13)5(3)11;/q-1;+1. The summed E-state index contributed by atoms with van der Waals surface area (Å²) in [4.78, 5) is 0. The third kappa shape index (κ3) is 2.59. The van der Waals surface area contributed by atoms with Gasteiger partial charge in [0.2, 0.25) is 0 Å². The minimum atomic E-state index is -5.48. The third-order valence-electron chi connectivity index (χ3n) is 1.77. The van der Waals surface area contributed by atoms with E-state index in [2.05, 4.69) is 0 Å². The molecule has 17 heavy (non-hydrogen) atoms. The van der Waals surface area contributed by atoms with E-state index in [-0.39, 0.29) is 35.5 Å². The number of benzene rings is 1. The van der Waals surface area contributed by atoms with Crippen LogP contribution >= 0.6 is 0 Å². The van der Waals surface area contributed by atoms with E-state index in [1.807, 2.05) is 0 Å². The second-order valence-corrected chi connectivity index (χ2v) is 2.78. The van der Waals surface area contributed by atoms with Gasteiger partial charge >= 0.3 is 36.3 Å². The van der Waals surface area contributed by atoms with E-state index < -0.39 is 41.2 Å². The molecule has 0 bridgehead atoms. The summed E-state index contributed by atoms with van der Waals surface area (Å²) < 4.78 is 88.2. The summed E-state index contributed by atoms with van der Waals surface area (Å²) in [5.41, 5.74) is -2.39. The molecule has 1 rings (SSSR count). The van der Waals surface area contributed by atoms with Gasteiger partial charge in [0.1, 0.15) is 11.6 Å². The SMILES string of the molecule is N#C[B-](F)(F)c1c(F)c(F)c(F)c(F)c1F.[Na+]. The Bertz CT molecular complexity index is 469. The predicted octanol–water partition coefficient (Wildman–Crippen LogP) is -0.963. The molecule has 86 valence electrons. The Morgan fingerprint density at radius 3 is 1.35 bits per heavy atom. The predicted molar refractivity (Wildman–Crippen MR) is 39.4 cm³/mol. The van der Waals surface area contributed by atoms with Crippen LogP contribution in [0.5, 0.6) is 0 Å². The molecule has 0 aromatic heterocycles. The normalized spacial score (nSPS) is 10.7. The van der Waals surface area contributed by atoms with E-state index in [1.54, 1.807) is 0 Å². The van der Waals surface area contributed by atoms with E-state index in [1.165, 1.54) is 0 Å². The van der Waals surface area contributed by atoms with Crippen LogP contribution in [0.4, 0.5) is 30.6 Å². The molecule has 0 atom stereocenters. The monoisotopic (exact) mass is 265 g/mol. The van der Waals surface area contributed by atoms with Gasteiger partial charge < -0.3 is 8.63 Å². The van der Waals surface area contributed by atoms with E-state index in [4.69, 9.17) is 5.26 Å². The van der Waals surface area contributed by atoms with E-state index >= 15 is 0 Å². The Hall–Kier alpha value is -0.715. The zero-order valence-electron chi connectivity index (χ0n) is 8.17. The molecule has 0 aliphatic heterocycles. The Balaban J connectivity index is 0.00000256. The molecule has 0 spiro atoms. The van der Waals surface area contributed by atoms with Crippen molar-refractivity contribution in [3.8, 4) is 5.97 Å². The Morgan fingerprint density at radius 2 is 1.06 bits per heavy atom. The van der Waals surface area contributed by atoms with Crippen molar-refractivity contribution in [2.24, 2.45) is 0 Å². The molecule has 1 aromatic carbocycles. The molecule has 0 fully saturated rings. The van der Waals surface area contributed by atoms with E-state index in [0.717, 1.165) is 0 Å². The topological polar surface area (TPSA) is 23.8 Å². The number of hydrogen-bond acceptors (Lipinski definition) is 1. The van der Waals surface area contributed by atoms with Gasteiger partial charge in [0.25, 0.3) is 0 Å². The number of nitriles is 1. The summed E-state index contributed by atoms with van der Waals surface area (Å²) in [6.07, 6.45) is 0. The molecule has 0 radical (unpaired) electrons. The van der Waals surface area contributed by atoms with Crippen molar-refractivity contribution in [3.63, 3.8) is 0 Å². The molecule has 0 saturated carbocycles. The van der Waals surface area contributed by atoms with Gasteiger partial charge in [-0.3, -0.25) is 0 Å². The quantitative estimate of drug-likeness (QED) is 0.277. The van der Waals surface area contributed by atoms with Crippen LogP contribution in [0.2, 0.25) is 0 Å². The number of rotatable bonds is 1. The molecule has 10 heteroatoms. The molecule has 0 amide bonds. The molecule has 0 heterocycles. The first-order valence-electron chi connectivity index (χ1n) is 3.68. The molecule has 0 unspecified atom stereocenters. The Morgan fingerprint density at radius 1 is 0.765 bits per heavy atom. The molecular weight excluding hydrogens is 265 g/mol. The van der Waals surface area contributed by atoms with Crippen molar-refractivity contribution >= 4 is 12.2 Å². The van der Waals surface area contributed by atoms with Gasteiger partial charge in [-0.05, 0) is 0 Å². The summed E-state index contributed by atoms with van der Waals surface area (Å²) in [5, 5.41) is 7.90. The van der Waals surface area contributed by atoms with Gasteiger partial charge in [0.05, 0.1) is 0 Å². The maximum atomic E-state index is 12.7. The van der Waals surface area contributed by atoms with Gasteiger partial charge in [-0.15, -0.1) is 0 Å². The van der Waals surface area contributed by atoms with Gasteiger partial charge in [0, 0.05) is 0 Å². The van der Waals surface area contributed by atoms with Gasteiger partial charge in [-0.25, -0.2) is 27.2 Å². The second-order valence-electron chi connectivity index (χ2n) is 2.78. The minimum Gasteiger partial charge on any atom is -0.461 e. The van der Waals surface area contributed by atoms with E-state index in [0.29, 0.717) is 0 Å². The summed E-state index contributed by atoms with van der Waals surface area (Å²) in [5.74, 6) is -12.7. The molecule has 0 aliphatic carbocycles. The summed E-state index contributed by atoms with van der Waals surface area (Å²) in [6.45, 7) is -5.48. The molecule has 0 aliphatic rings. The number of hydrogen-bond donors (Lipinski definition) is 0. The zero-order valence-corrected chi connectivity index (χ0v) is 10.2. The van der Waals surface area contributed by atoms with Crippen LogP contribution in [0, 0.1) is 40.3 Å². The Kier molecular flexibility index (Phi) is 5.07. The first-order chi connectivity index (χ1) is 7.24. The van der Waals surface area contributed by atoms with Crippen molar-refractivity contribution < 1.29 is 60.1 Å². The van der Waals surface area contributed by atoms with Crippen molar-refractivity contribution in [1.82, 2.24) is 0 Å². The molecule has 0 saturated heterocycles. The van der Waals surface area contributed by atoms with Crippen molar-refractivity contribution in [3.05, 3.63) is 29.1 Å². The second kappa shape index (κ2) is 5.29. The van der Waals surface area contributed by atoms with Crippen LogP contribution in [-0.4, -0.2) is 6.70 Å². The van der Waals surface area contributed by atoms with Crippen LogP contribution in [0.15, 0.2) is 0 Å². The molecule has 0 N–H and O–H groups in total. The minimum absolute atomic E-state index is 0. The van der Waals surface area contributed by atoms with Crippen LogP contribution in [0.25, 0.3) is 0 Å². The van der Waals surface area contributed by atoms with Crippen LogP contribution < -0.4 is 35.0 Å². The van der Waals surface area contributed by atoms with Crippen molar-refractivity contribution in [1.29, 1.82) is 5.26 Å². The smallest absolute Gasteiger partial charge is 0.461 e. The fourth-order valence-corrected chi connectivity index (χ4v) is 1.00. The van der Waals surface area contributed by atoms with Crippen LogP contribution in [-0.2, 0) is 0 Å². The fraction of sp³-hybridized carbons (Fsp3) is 0. The van der Waals surface area contributed by atoms with Gasteiger partial charge in [-0.1, -0.05) is 11.4 Å². The first-order valence-corrected chi connectivity index (χ1v) is 3.68. The van der Waals surface area contributed by atoms with Crippen LogP contribution in [0.3, 0.4) is 0 Å². The molecule has 1 nitrogen and oxygen atoms in total. The van der Waals surface area contributed by atoms with Crippen molar-refractivity contribution in [2.75, 3.05) is 0 Å². The maximum absolute atomic E-state index is 12.7. The van der Waals surface area contributed by atoms with Crippen LogP contribution in [0.1, 0.15) is 0 Å². The third-order valence-corrected chi connectivity index (χ3v) is 1.77. The van der Waals surface area contributed by atoms with E-state index in [9.17, 15) is 30.6 Å². The summed E-state index contributed by atoms with van der Waals surface area (Å²) in [6, 6.07) is 0. The number of nitrogens with zero attached hydrogens (tertiary/aromatic N) is 1. The average molecular weight is 265 g/mol. The summed E-state index contributed by atoms with van der Waals surface area (Å²) in [7, 11) is 0. The van der Waals surface area contributed by atoms with Gasteiger partial charge in [-0.2, -0.15) is 0 Å². The average Bonchev–Trinajstić information content (AvgIpc) is 2.23. The summed E-state index contributed by atoms with van der Waals surface area (Å²) >= 11 is 0.